The number of aromatic nitrogens is 3. The number of halogens is 1. The zero-order valence-electron chi connectivity index (χ0n) is 18.6. The highest BCUT2D eigenvalue weighted by molar-refractivity contribution is 5.79. The highest BCUT2D eigenvalue weighted by atomic mass is 19.1. The third-order valence-corrected chi connectivity index (χ3v) is 7.07. The van der Waals surface area contributed by atoms with Crippen molar-refractivity contribution in [1.29, 1.82) is 0 Å². The van der Waals surface area contributed by atoms with Gasteiger partial charge in [0.05, 0.1) is 18.3 Å². The third kappa shape index (κ3) is 3.97. The normalized spacial score (nSPS) is 20.0. The van der Waals surface area contributed by atoms with Crippen LogP contribution in [0.2, 0.25) is 0 Å². The number of aryl methyl sites for hydroxylation is 2. The van der Waals surface area contributed by atoms with Gasteiger partial charge in [-0.05, 0) is 57.8 Å². The predicted molar refractivity (Wildman–Crippen MR) is 118 cm³/mol. The minimum Gasteiger partial charge on any atom is -0.380 e. The molecular formula is C24H29FN4O3. The van der Waals surface area contributed by atoms with Crippen LogP contribution in [-0.2, 0) is 24.1 Å². The van der Waals surface area contributed by atoms with Crippen LogP contribution in [0.4, 0.5) is 4.39 Å². The first-order chi connectivity index (χ1) is 15.5. The van der Waals surface area contributed by atoms with Gasteiger partial charge in [0.1, 0.15) is 11.6 Å². The minimum atomic E-state index is -0.310. The lowest BCUT2D eigenvalue weighted by molar-refractivity contribution is 0.0684. The molecule has 0 spiro atoms. The molecule has 0 amide bonds. The lowest BCUT2D eigenvalue weighted by Gasteiger charge is -2.31. The fraction of sp³-hybridized carbons (Fsp3) is 0.542. The van der Waals surface area contributed by atoms with Crippen molar-refractivity contribution in [1.82, 2.24) is 19.6 Å². The molecule has 1 fully saturated rings. The van der Waals surface area contributed by atoms with Crippen molar-refractivity contribution in [2.75, 3.05) is 26.7 Å². The van der Waals surface area contributed by atoms with E-state index in [1.807, 2.05) is 11.5 Å². The molecule has 1 saturated heterocycles. The first kappa shape index (κ1) is 21.3. The summed E-state index contributed by atoms with van der Waals surface area (Å²) in [6.45, 7) is 5.24. The van der Waals surface area contributed by atoms with Crippen LogP contribution in [0.1, 0.15) is 48.0 Å². The van der Waals surface area contributed by atoms with Gasteiger partial charge in [0, 0.05) is 48.7 Å². The number of nitrogens with zero attached hydrogens (tertiary/aromatic N) is 4. The number of hydrogen-bond acceptors (Lipinski definition) is 6. The minimum absolute atomic E-state index is 0.0840. The molecule has 8 heteroatoms. The van der Waals surface area contributed by atoms with Crippen molar-refractivity contribution < 1.29 is 13.7 Å². The zero-order chi connectivity index (χ0) is 22.2. The Balaban J connectivity index is 1.23. The number of likely N-dealkylation sites (tertiary alicyclic amines) is 1. The maximum Gasteiger partial charge on any atom is 0.257 e. The van der Waals surface area contributed by atoms with E-state index >= 15 is 0 Å². The summed E-state index contributed by atoms with van der Waals surface area (Å²) in [4.78, 5) is 20.3. The third-order valence-electron chi connectivity index (χ3n) is 7.07. The van der Waals surface area contributed by atoms with Gasteiger partial charge in [-0.3, -0.25) is 9.36 Å². The molecular weight excluding hydrogens is 411 g/mol. The fourth-order valence-electron chi connectivity index (χ4n) is 5.13. The van der Waals surface area contributed by atoms with Crippen molar-refractivity contribution in [3.05, 3.63) is 57.1 Å². The van der Waals surface area contributed by atoms with Crippen molar-refractivity contribution in [2.45, 2.75) is 57.6 Å². The Morgan fingerprint density at radius 1 is 1.25 bits per heavy atom. The highest BCUT2D eigenvalue weighted by Crippen LogP contribution is 2.32. The Hall–Kier alpha value is -2.58. The largest absolute Gasteiger partial charge is 0.380 e. The molecule has 0 N–H and O–H groups in total. The Bertz CT molecular complexity index is 1180. The Morgan fingerprint density at radius 2 is 2.06 bits per heavy atom. The quantitative estimate of drug-likeness (QED) is 0.607. The van der Waals surface area contributed by atoms with Gasteiger partial charge in [-0.1, -0.05) is 5.16 Å². The van der Waals surface area contributed by atoms with E-state index in [2.05, 4.69) is 10.1 Å². The van der Waals surface area contributed by atoms with Crippen LogP contribution in [0.3, 0.4) is 0 Å². The monoisotopic (exact) mass is 440 g/mol. The van der Waals surface area contributed by atoms with Gasteiger partial charge >= 0.3 is 0 Å². The number of benzene rings is 1. The van der Waals surface area contributed by atoms with Gasteiger partial charge in [-0.25, -0.2) is 9.37 Å². The van der Waals surface area contributed by atoms with Gasteiger partial charge in [-0.2, -0.15) is 0 Å². The number of hydrogen-bond donors (Lipinski definition) is 0. The summed E-state index contributed by atoms with van der Waals surface area (Å²) in [5, 5.41) is 5.14. The lowest BCUT2D eigenvalue weighted by Crippen LogP contribution is -2.39. The van der Waals surface area contributed by atoms with E-state index in [1.54, 1.807) is 13.2 Å². The zero-order valence-corrected chi connectivity index (χ0v) is 18.6. The van der Waals surface area contributed by atoms with Crippen LogP contribution >= 0.6 is 0 Å². The molecule has 0 saturated carbocycles. The maximum absolute atomic E-state index is 13.4. The Morgan fingerprint density at radius 3 is 2.84 bits per heavy atom. The maximum atomic E-state index is 13.4. The topological polar surface area (TPSA) is 73.4 Å². The van der Waals surface area contributed by atoms with Gasteiger partial charge in [0.25, 0.3) is 5.56 Å². The van der Waals surface area contributed by atoms with Crippen molar-refractivity contribution in [2.24, 2.45) is 0 Å². The molecule has 5 rings (SSSR count). The molecule has 2 aliphatic heterocycles. The van der Waals surface area contributed by atoms with E-state index < -0.39 is 0 Å². The van der Waals surface area contributed by atoms with Crippen molar-refractivity contribution in [3.63, 3.8) is 0 Å². The second-order valence-corrected chi connectivity index (χ2v) is 8.98. The molecule has 4 heterocycles. The number of fused-ring (bicyclic) bond motifs is 2. The van der Waals surface area contributed by atoms with Crippen LogP contribution in [0.5, 0.6) is 0 Å². The Labute approximate surface area is 186 Å². The molecule has 0 aliphatic carbocycles. The molecule has 170 valence electrons. The molecule has 2 aliphatic rings. The molecule has 0 radical (unpaired) electrons. The average Bonchev–Trinajstić information content (AvgIpc) is 3.22. The molecule has 7 nitrogen and oxygen atoms in total. The first-order valence-corrected chi connectivity index (χ1v) is 11.4. The number of piperidine rings is 1. The van der Waals surface area contributed by atoms with E-state index in [4.69, 9.17) is 14.2 Å². The van der Waals surface area contributed by atoms with Crippen LogP contribution in [-0.4, -0.2) is 52.5 Å². The highest BCUT2D eigenvalue weighted by Gasteiger charge is 2.26. The van der Waals surface area contributed by atoms with E-state index in [0.717, 1.165) is 73.5 Å². The Kier molecular flexibility index (Phi) is 5.82. The summed E-state index contributed by atoms with van der Waals surface area (Å²) in [6, 6.07) is 4.61. The van der Waals surface area contributed by atoms with Crippen LogP contribution in [0.15, 0.2) is 27.5 Å². The summed E-state index contributed by atoms with van der Waals surface area (Å²) in [5.74, 6) is 0.877. The molecule has 1 atom stereocenters. The van der Waals surface area contributed by atoms with Crippen molar-refractivity contribution in [3.8, 4) is 0 Å². The van der Waals surface area contributed by atoms with Crippen LogP contribution < -0.4 is 5.56 Å². The SMILES string of the molecule is CO[C@H]1CCc2nc(C)c(CCN3CCC(c4noc5cc(F)ccc45)CC3)c(=O)n2C1. The van der Waals surface area contributed by atoms with Crippen LogP contribution in [0.25, 0.3) is 11.0 Å². The fourth-order valence-corrected chi connectivity index (χ4v) is 5.13. The van der Waals surface area contributed by atoms with Gasteiger partial charge in [-0.15, -0.1) is 0 Å². The van der Waals surface area contributed by atoms with Gasteiger partial charge in [0.15, 0.2) is 5.58 Å². The molecule has 0 unspecified atom stereocenters. The summed E-state index contributed by atoms with van der Waals surface area (Å²) in [7, 11) is 1.70. The molecule has 0 bridgehead atoms. The molecule has 3 aromatic rings. The summed E-state index contributed by atoms with van der Waals surface area (Å²) < 4.78 is 26.1. The molecule has 32 heavy (non-hydrogen) atoms. The lowest BCUT2D eigenvalue weighted by atomic mass is 9.91. The second kappa shape index (κ2) is 8.75. The molecule has 2 aromatic heterocycles. The number of methoxy groups -OCH3 is 1. The molecule has 1 aromatic carbocycles. The predicted octanol–water partition coefficient (Wildman–Crippen LogP) is 3.22. The van der Waals surface area contributed by atoms with E-state index in [0.29, 0.717) is 24.5 Å². The smallest absolute Gasteiger partial charge is 0.257 e. The summed E-state index contributed by atoms with van der Waals surface area (Å²) >= 11 is 0. The standard InChI is InChI=1S/C24H29FN4O3/c1-15-19(24(30)29-14-18(31-2)4-6-22(29)26-15)9-12-28-10-7-16(8-11-28)23-20-5-3-17(25)13-21(20)32-27-23/h3,5,13,16,18H,4,6-12,14H2,1-2H3/t18-/m0/s1. The number of rotatable bonds is 5. The summed E-state index contributed by atoms with van der Waals surface area (Å²) in [6.07, 6.45) is 4.41. The van der Waals surface area contributed by atoms with E-state index in [9.17, 15) is 9.18 Å². The number of ether oxygens (including phenoxy) is 1. The van der Waals surface area contributed by atoms with Gasteiger partial charge in [0.2, 0.25) is 0 Å². The van der Waals surface area contributed by atoms with Crippen LogP contribution in [0, 0.1) is 12.7 Å². The van der Waals surface area contributed by atoms with Crippen molar-refractivity contribution >= 4 is 11.0 Å². The average molecular weight is 441 g/mol. The van der Waals surface area contributed by atoms with E-state index in [1.165, 1.54) is 12.1 Å². The van der Waals surface area contributed by atoms with E-state index in [-0.39, 0.29) is 17.5 Å². The second-order valence-electron chi connectivity index (χ2n) is 8.98. The van der Waals surface area contributed by atoms with Gasteiger partial charge < -0.3 is 14.2 Å². The summed E-state index contributed by atoms with van der Waals surface area (Å²) in [5.41, 5.74) is 3.20. The first-order valence-electron chi connectivity index (χ1n) is 11.4.